The van der Waals surface area contributed by atoms with Crippen LogP contribution in [0.5, 0.6) is 0 Å². The zero-order chi connectivity index (χ0) is 26.7. The van der Waals surface area contributed by atoms with Gasteiger partial charge in [0.2, 0.25) is 5.91 Å². The van der Waals surface area contributed by atoms with Gasteiger partial charge in [0.1, 0.15) is 17.3 Å². The largest absolute Gasteiger partial charge is 0.444 e. The highest BCUT2D eigenvalue weighted by atomic mass is 35.5. The molecule has 1 aromatic carbocycles. The van der Waals surface area contributed by atoms with Crippen molar-refractivity contribution in [2.24, 2.45) is 5.73 Å². The van der Waals surface area contributed by atoms with Crippen LogP contribution in [0.25, 0.3) is 11.0 Å². The fourth-order valence-corrected chi connectivity index (χ4v) is 4.52. The molecule has 196 valence electrons. The predicted octanol–water partition coefficient (Wildman–Crippen LogP) is 3.10. The number of aromatic amines is 1. The Bertz CT molecular complexity index is 1290. The van der Waals surface area contributed by atoms with E-state index in [1.807, 2.05) is 23.1 Å². The number of nitrogens with zero attached hydrogens (tertiary/aromatic N) is 3. The van der Waals surface area contributed by atoms with E-state index < -0.39 is 23.6 Å². The van der Waals surface area contributed by atoms with Gasteiger partial charge < -0.3 is 30.6 Å². The summed E-state index contributed by atoms with van der Waals surface area (Å²) in [5.74, 6) is -0.772. The summed E-state index contributed by atoms with van der Waals surface area (Å²) in [4.78, 5) is 49.3. The Kier molecular flexibility index (Phi) is 7.58. The Balaban J connectivity index is 1.50. The van der Waals surface area contributed by atoms with Crippen molar-refractivity contribution < 1.29 is 19.1 Å². The summed E-state index contributed by atoms with van der Waals surface area (Å²) in [6, 6.07) is 8.19. The molecule has 1 aliphatic rings. The summed E-state index contributed by atoms with van der Waals surface area (Å²) in [6.07, 6.45) is 2.86. The molecule has 1 aliphatic heterocycles. The monoisotopic (exact) mass is 526 g/mol. The summed E-state index contributed by atoms with van der Waals surface area (Å²) in [5.41, 5.74) is 7.48. The molecule has 0 radical (unpaired) electrons. The normalized spacial score (nSPS) is 14.9. The number of hydrogen-bond donors (Lipinski definition) is 3. The SMILES string of the molecule is CC(C)(C)OC(=O)N[C@H](Cc1ccc(Cl)cc1)C(=O)N1CCN(c2c(C(N)=O)cnc3[nH]ccc23)CC1. The second-order valence-corrected chi connectivity index (χ2v) is 10.4. The maximum atomic E-state index is 13.6. The molecule has 4 N–H and O–H groups in total. The number of rotatable bonds is 6. The van der Waals surface area contributed by atoms with Crippen LogP contribution in [-0.4, -0.2) is 70.6 Å². The van der Waals surface area contributed by atoms with E-state index in [1.54, 1.807) is 44.0 Å². The third-order valence-corrected chi connectivity index (χ3v) is 6.33. The number of pyridine rings is 1. The van der Waals surface area contributed by atoms with Crippen molar-refractivity contribution in [1.82, 2.24) is 20.2 Å². The van der Waals surface area contributed by atoms with Crippen molar-refractivity contribution >= 4 is 46.2 Å². The molecule has 1 fully saturated rings. The Morgan fingerprint density at radius 2 is 1.81 bits per heavy atom. The van der Waals surface area contributed by atoms with Gasteiger partial charge in [-0.25, -0.2) is 9.78 Å². The van der Waals surface area contributed by atoms with Crippen molar-refractivity contribution in [2.75, 3.05) is 31.1 Å². The van der Waals surface area contributed by atoms with Gasteiger partial charge in [0.05, 0.1) is 11.3 Å². The van der Waals surface area contributed by atoms with E-state index in [0.29, 0.717) is 48.1 Å². The lowest BCUT2D eigenvalue weighted by molar-refractivity contribution is -0.133. The third-order valence-electron chi connectivity index (χ3n) is 6.07. The quantitative estimate of drug-likeness (QED) is 0.452. The summed E-state index contributed by atoms with van der Waals surface area (Å²) >= 11 is 6.01. The Labute approximate surface area is 220 Å². The van der Waals surface area contributed by atoms with E-state index in [0.717, 1.165) is 10.9 Å². The molecule has 2 aromatic heterocycles. The van der Waals surface area contributed by atoms with Crippen LogP contribution in [-0.2, 0) is 16.0 Å². The summed E-state index contributed by atoms with van der Waals surface area (Å²) < 4.78 is 5.40. The molecule has 4 rings (SSSR count). The van der Waals surface area contributed by atoms with E-state index in [1.165, 1.54) is 6.20 Å². The number of fused-ring (bicyclic) bond motifs is 1. The number of carbonyl (C=O) groups is 3. The first kappa shape index (κ1) is 26.3. The number of ether oxygens (including phenoxy) is 1. The molecule has 1 atom stereocenters. The van der Waals surface area contributed by atoms with Crippen molar-refractivity contribution in [1.29, 1.82) is 0 Å². The molecule has 3 heterocycles. The van der Waals surface area contributed by atoms with E-state index in [-0.39, 0.29) is 12.3 Å². The van der Waals surface area contributed by atoms with Gasteiger partial charge in [-0.15, -0.1) is 0 Å². The highest BCUT2D eigenvalue weighted by Crippen LogP contribution is 2.30. The Morgan fingerprint density at radius 3 is 2.43 bits per heavy atom. The molecule has 1 saturated heterocycles. The first-order valence-electron chi connectivity index (χ1n) is 12.1. The van der Waals surface area contributed by atoms with Crippen molar-refractivity contribution in [3.05, 3.63) is 58.9 Å². The second kappa shape index (κ2) is 10.7. The van der Waals surface area contributed by atoms with Crippen LogP contribution >= 0.6 is 11.6 Å². The first-order valence-corrected chi connectivity index (χ1v) is 12.4. The standard InChI is InChI=1S/C26H31ClN6O4/c1-26(2,3)37-25(36)31-20(14-16-4-6-17(27)7-5-16)24(35)33-12-10-32(11-13-33)21-18-8-9-29-23(18)30-15-19(21)22(28)34/h4-9,15,20H,10-14H2,1-3H3,(H2,28,34)(H,29,30)(H,31,36)/t20-/m1/s1. The zero-order valence-electron chi connectivity index (χ0n) is 21.1. The minimum absolute atomic E-state index is 0.211. The van der Waals surface area contributed by atoms with Gasteiger partial charge in [-0.2, -0.15) is 0 Å². The van der Waals surface area contributed by atoms with Crippen molar-refractivity contribution in [3.8, 4) is 0 Å². The topological polar surface area (TPSA) is 134 Å². The van der Waals surface area contributed by atoms with Crippen molar-refractivity contribution in [3.63, 3.8) is 0 Å². The number of hydrogen-bond acceptors (Lipinski definition) is 6. The first-order chi connectivity index (χ1) is 17.5. The molecule has 3 aromatic rings. The van der Waals surface area contributed by atoms with E-state index in [2.05, 4.69) is 15.3 Å². The van der Waals surface area contributed by atoms with Gasteiger partial charge in [0, 0.05) is 55.4 Å². The number of piperazine rings is 1. The zero-order valence-corrected chi connectivity index (χ0v) is 21.8. The van der Waals surface area contributed by atoms with E-state index in [4.69, 9.17) is 22.1 Å². The van der Waals surface area contributed by atoms with Gasteiger partial charge in [-0.1, -0.05) is 23.7 Å². The fraction of sp³-hybridized carbons (Fsp3) is 0.385. The molecular formula is C26H31ClN6O4. The molecule has 0 saturated carbocycles. The lowest BCUT2D eigenvalue weighted by atomic mass is 10.0. The maximum absolute atomic E-state index is 13.6. The average Bonchev–Trinajstić information content (AvgIpc) is 3.32. The third kappa shape index (κ3) is 6.32. The lowest BCUT2D eigenvalue weighted by Gasteiger charge is -2.38. The number of carbonyl (C=O) groups excluding carboxylic acids is 3. The molecule has 0 bridgehead atoms. The smallest absolute Gasteiger partial charge is 0.408 e. The molecular weight excluding hydrogens is 496 g/mol. The number of amides is 3. The van der Waals surface area contributed by atoms with E-state index >= 15 is 0 Å². The van der Waals surface area contributed by atoms with E-state index in [9.17, 15) is 14.4 Å². The second-order valence-electron chi connectivity index (χ2n) is 9.97. The molecule has 3 amide bonds. The van der Waals surface area contributed by atoms with Crippen LogP contribution in [0, 0.1) is 0 Å². The number of halogens is 1. The Morgan fingerprint density at radius 1 is 1.14 bits per heavy atom. The molecule has 10 nitrogen and oxygen atoms in total. The molecule has 0 aliphatic carbocycles. The fourth-order valence-electron chi connectivity index (χ4n) is 4.39. The highest BCUT2D eigenvalue weighted by molar-refractivity contribution is 6.30. The lowest BCUT2D eigenvalue weighted by Crippen LogP contribution is -2.56. The maximum Gasteiger partial charge on any atom is 0.408 e. The number of aromatic nitrogens is 2. The average molecular weight is 527 g/mol. The number of nitrogens with two attached hydrogens (primary N) is 1. The summed E-state index contributed by atoms with van der Waals surface area (Å²) in [5, 5.41) is 4.13. The van der Waals surface area contributed by atoms with Gasteiger partial charge >= 0.3 is 6.09 Å². The van der Waals surface area contributed by atoms with Gasteiger partial charge in [0.25, 0.3) is 5.91 Å². The predicted molar refractivity (Wildman–Crippen MR) is 142 cm³/mol. The minimum atomic E-state index is -0.818. The number of anilines is 1. The molecule has 11 heteroatoms. The van der Waals surface area contributed by atoms with Crippen LogP contribution in [0.15, 0.2) is 42.7 Å². The van der Waals surface area contributed by atoms with Crippen LogP contribution in [0.1, 0.15) is 36.7 Å². The highest BCUT2D eigenvalue weighted by Gasteiger charge is 2.31. The van der Waals surface area contributed by atoms with Crippen molar-refractivity contribution in [2.45, 2.75) is 38.8 Å². The molecule has 37 heavy (non-hydrogen) atoms. The van der Waals surface area contributed by atoms with Crippen LogP contribution in [0.3, 0.4) is 0 Å². The minimum Gasteiger partial charge on any atom is -0.444 e. The van der Waals surface area contributed by atoms with Crippen LogP contribution in [0.2, 0.25) is 5.02 Å². The number of benzene rings is 1. The number of alkyl carbamates (subject to hydrolysis) is 1. The van der Waals surface area contributed by atoms with Gasteiger partial charge in [-0.05, 0) is 44.5 Å². The summed E-state index contributed by atoms with van der Waals surface area (Å²) in [6.45, 7) is 7.07. The van der Waals surface area contributed by atoms with Gasteiger partial charge in [0.15, 0.2) is 0 Å². The van der Waals surface area contributed by atoms with Crippen LogP contribution in [0.4, 0.5) is 10.5 Å². The number of nitrogens with one attached hydrogen (secondary N) is 2. The van der Waals surface area contributed by atoms with Crippen LogP contribution < -0.4 is 16.0 Å². The number of primary amides is 1. The Hall–Kier alpha value is -3.79. The molecule has 0 unspecified atom stereocenters. The number of H-pyrrole nitrogens is 1. The van der Waals surface area contributed by atoms with Gasteiger partial charge in [-0.3, -0.25) is 9.59 Å². The molecule has 0 spiro atoms. The summed E-state index contributed by atoms with van der Waals surface area (Å²) in [7, 11) is 0.